The number of ketones is 1. The Kier molecular flexibility index (Phi) is 3.36. The zero-order chi connectivity index (χ0) is 11.4. The third-order valence-corrected chi connectivity index (χ3v) is 2.98. The smallest absolute Gasteiger partial charge is 0.181 e. The van der Waals surface area contributed by atoms with Crippen molar-refractivity contribution in [1.82, 2.24) is 14.6 Å². The molecule has 0 radical (unpaired) electrons. The molecule has 0 unspecified atom stereocenters. The second-order valence-electron chi connectivity index (χ2n) is 3.39. The van der Waals surface area contributed by atoms with Gasteiger partial charge in [0.25, 0.3) is 0 Å². The summed E-state index contributed by atoms with van der Waals surface area (Å²) in [4.78, 5) is 16.5. The van der Waals surface area contributed by atoms with E-state index in [4.69, 9.17) is 0 Å². The van der Waals surface area contributed by atoms with Crippen LogP contribution in [0.3, 0.4) is 0 Å². The van der Waals surface area contributed by atoms with Crippen molar-refractivity contribution in [3.63, 3.8) is 0 Å². The molecule has 0 aliphatic heterocycles. The van der Waals surface area contributed by atoms with E-state index in [-0.39, 0.29) is 5.78 Å². The van der Waals surface area contributed by atoms with E-state index in [2.05, 4.69) is 21.5 Å². The van der Waals surface area contributed by atoms with Crippen LogP contribution >= 0.6 is 11.5 Å². The van der Waals surface area contributed by atoms with Gasteiger partial charge in [-0.25, -0.2) is 0 Å². The van der Waals surface area contributed by atoms with Gasteiger partial charge in [-0.3, -0.25) is 9.78 Å². The first-order valence-corrected chi connectivity index (χ1v) is 5.81. The van der Waals surface area contributed by atoms with Gasteiger partial charge in [-0.05, 0) is 29.6 Å². The predicted molar refractivity (Wildman–Crippen MR) is 61.6 cm³/mol. The van der Waals surface area contributed by atoms with Crippen molar-refractivity contribution in [3.8, 4) is 0 Å². The van der Waals surface area contributed by atoms with Crippen LogP contribution in [0.5, 0.6) is 0 Å². The molecule has 0 aliphatic rings. The van der Waals surface area contributed by atoms with E-state index < -0.39 is 0 Å². The van der Waals surface area contributed by atoms with E-state index in [1.165, 1.54) is 11.8 Å². The quantitative estimate of drug-likeness (QED) is 0.757. The Morgan fingerprint density at radius 1 is 1.38 bits per heavy atom. The molecule has 0 amide bonds. The molecule has 2 aromatic rings. The number of hydrogen-bond acceptors (Lipinski definition) is 5. The van der Waals surface area contributed by atoms with Crippen molar-refractivity contribution in [3.05, 3.63) is 40.7 Å². The number of carbonyl (C=O) groups excluding carboxylic acids is 1. The summed E-state index contributed by atoms with van der Waals surface area (Å²) in [6, 6.07) is 3.89. The molecule has 0 aromatic carbocycles. The minimum Gasteiger partial charge on any atom is -0.293 e. The molecule has 82 valence electrons. The first kappa shape index (κ1) is 10.9. The number of hydrogen-bond donors (Lipinski definition) is 0. The van der Waals surface area contributed by atoms with Gasteiger partial charge in [0.15, 0.2) is 5.78 Å². The highest BCUT2D eigenvalue weighted by molar-refractivity contribution is 7.07. The summed E-state index contributed by atoms with van der Waals surface area (Å²) in [5.74, 6) is 0.0201. The number of nitrogens with zero attached hydrogens (tertiary/aromatic N) is 3. The lowest BCUT2D eigenvalue weighted by atomic mass is 10.1. The van der Waals surface area contributed by atoms with Crippen LogP contribution in [-0.2, 0) is 12.8 Å². The van der Waals surface area contributed by atoms with Crippen LogP contribution in [0.2, 0.25) is 0 Å². The van der Waals surface area contributed by atoms with Gasteiger partial charge in [0.05, 0.1) is 12.6 Å². The first-order valence-electron chi connectivity index (χ1n) is 5.04. The molecule has 0 saturated heterocycles. The second kappa shape index (κ2) is 4.94. The minimum atomic E-state index is 0.0201. The maximum atomic E-state index is 11.7. The van der Waals surface area contributed by atoms with Crippen LogP contribution in [0.4, 0.5) is 0 Å². The fourth-order valence-electron chi connectivity index (χ4n) is 1.31. The summed E-state index contributed by atoms with van der Waals surface area (Å²) >= 11 is 1.12. The lowest BCUT2D eigenvalue weighted by Crippen LogP contribution is -2.03. The van der Waals surface area contributed by atoms with Gasteiger partial charge in [0.1, 0.15) is 4.88 Å². The van der Waals surface area contributed by atoms with Gasteiger partial charge in [-0.1, -0.05) is 17.5 Å². The summed E-state index contributed by atoms with van der Waals surface area (Å²) in [5.41, 5.74) is 1.96. The average molecular weight is 233 g/mol. The number of Topliss-reactive ketones (excluding diaryl/α,β-unsaturated/α-hetero) is 1. The van der Waals surface area contributed by atoms with Gasteiger partial charge < -0.3 is 0 Å². The van der Waals surface area contributed by atoms with Crippen LogP contribution in [0.15, 0.2) is 24.5 Å². The zero-order valence-corrected chi connectivity index (χ0v) is 9.70. The van der Waals surface area contributed by atoms with Crippen LogP contribution in [-0.4, -0.2) is 20.4 Å². The molecule has 2 rings (SSSR count). The van der Waals surface area contributed by atoms with Crippen LogP contribution in [0.25, 0.3) is 0 Å². The molecule has 2 aromatic heterocycles. The number of aromatic nitrogens is 3. The fraction of sp³-hybridized carbons (Fsp3) is 0.273. The predicted octanol–water partition coefficient (Wildman–Crippen LogP) is 1.92. The lowest BCUT2D eigenvalue weighted by Gasteiger charge is -1.99. The molecular formula is C11H11N3OS. The highest BCUT2D eigenvalue weighted by atomic mass is 32.1. The Morgan fingerprint density at radius 3 is 2.81 bits per heavy atom. The topological polar surface area (TPSA) is 55.7 Å². The highest BCUT2D eigenvalue weighted by Crippen LogP contribution is 2.08. The summed E-state index contributed by atoms with van der Waals surface area (Å²) in [5, 5.41) is 3.64. The minimum absolute atomic E-state index is 0.0201. The van der Waals surface area contributed by atoms with E-state index in [0.29, 0.717) is 11.3 Å². The van der Waals surface area contributed by atoms with Gasteiger partial charge in [-0.15, -0.1) is 5.10 Å². The van der Waals surface area contributed by atoms with E-state index in [0.717, 1.165) is 23.6 Å². The molecule has 0 aliphatic carbocycles. The molecule has 2 heterocycles. The molecule has 0 atom stereocenters. The zero-order valence-electron chi connectivity index (χ0n) is 8.88. The highest BCUT2D eigenvalue weighted by Gasteiger charge is 2.10. The van der Waals surface area contributed by atoms with Crippen molar-refractivity contribution in [1.29, 1.82) is 0 Å². The van der Waals surface area contributed by atoms with Gasteiger partial charge >= 0.3 is 0 Å². The Labute approximate surface area is 97.5 Å². The Bertz CT molecular complexity index is 464. The number of aryl methyl sites for hydroxylation is 1. The standard InChI is InChI=1S/C11H11N3OS/c1-2-8-3-4-9(12-6-8)5-10(15)11-7-13-14-16-11/h3-4,6-7H,2,5H2,1H3. The van der Waals surface area contributed by atoms with Crippen LogP contribution in [0.1, 0.15) is 27.9 Å². The van der Waals surface area contributed by atoms with Crippen molar-refractivity contribution >= 4 is 17.3 Å². The first-order chi connectivity index (χ1) is 7.79. The molecule has 16 heavy (non-hydrogen) atoms. The Morgan fingerprint density at radius 2 is 2.25 bits per heavy atom. The van der Waals surface area contributed by atoms with E-state index in [1.54, 1.807) is 0 Å². The maximum absolute atomic E-state index is 11.7. The van der Waals surface area contributed by atoms with Crippen LogP contribution in [0, 0.1) is 0 Å². The maximum Gasteiger partial charge on any atom is 0.181 e. The molecule has 5 heteroatoms. The van der Waals surface area contributed by atoms with E-state index >= 15 is 0 Å². The molecule has 0 N–H and O–H groups in total. The van der Waals surface area contributed by atoms with E-state index in [1.807, 2.05) is 18.3 Å². The fourth-order valence-corrected chi connectivity index (χ4v) is 1.76. The van der Waals surface area contributed by atoms with Crippen molar-refractivity contribution < 1.29 is 4.79 Å². The van der Waals surface area contributed by atoms with Gasteiger partial charge in [0.2, 0.25) is 0 Å². The Balaban J connectivity index is 2.06. The monoisotopic (exact) mass is 233 g/mol. The SMILES string of the molecule is CCc1ccc(CC(=O)c2cnns2)nc1. The van der Waals surface area contributed by atoms with Gasteiger partial charge in [0, 0.05) is 11.9 Å². The van der Waals surface area contributed by atoms with Crippen molar-refractivity contribution in [2.75, 3.05) is 0 Å². The third kappa shape index (κ3) is 2.49. The molecular weight excluding hydrogens is 222 g/mol. The normalized spacial score (nSPS) is 10.3. The molecule has 0 saturated carbocycles. The lowest BCUT2D eigenvalue weighted by molar-refractivity contribution is 0.0995. The van der Waals surface area contributed by atoms with Gasteiger partial charge in [-0.2, -0.15) is 0 Å². The molecule has 0 fully saturated rings. The summed E-state index contributed by atoms with van der Waals surface area (Å²) < 4.78 is 3.66. The van der Waals surface area contributed by atoms with E-state index in [9.17, 15) is 4.79 Å². The number of rotatable bonds is 4. The summed E-state index contributed by atoms with van der Waals surface area (Å²) in [7, 11) is 0. The van der Waals surface area contributed by atoms with Crippen molar-refractivity contribution in [2.45, 2.75) is 19.8 Å². The average Bonchev–Trinajstić information content (AvgIpc) is 2.83. The molecule has 0 bridgehead atoms. The third-order valence-electron chi connectivity index (χ3n) is 2.27. The van der Waals surface area contributed by atoms with Crippen LogP contribution < -0.4 is 0 Å². The summed E-state index contributed by atoms with van der Waals surface area (Å²) in [6.07, 6.45) is 4.58. The number of pyridine rings is 1. The largest absolute Gasteiger partial charge is 0.293 e. The summed E-state index contributed by atoms with van der Waals surface area (Å²) in [6.45, 7) is 2.07. The second-order valence-corrected chi connectivity index (χ2v) is 4.18. The van der Waals surface area contributed by atoms with Crippen molar-refractivity contribution in [2.24, 2.45) is 0 Å². The Hall–Kier alpha value is -1.62. The molecule has 4 nitrogen and oxygen atoms in total. The molecule has 0 spiro atoms. The number of carbonyl (C=O) groups is 1.